The molecule has 123 valence electrons. The van der Waals surface area contributed by atoms with Gasteiger partial charge in [0.1, 0.15) is 9.79 Å². The molecule has 10 nitrogen and oxygen atoms in total. The molecule has 0 aliphatic carbocycles. The van der Waals surface area contributed by atoms with Crippen LogP contribution in [0.25, 0.3) is 0 Å². The van der Waals surface area contributed by atoms with Gasteiger partial charge in [0.05, 0.1) is 0 Å². The predicted octanol–water partition coefficient (Wildman–Crippen LogP) is 0.356. The van der Waals surface area contributed by atoms with Gasteiger partial charge in [-0.2, -0.15) is 36.2 Å². The zero-order valence-electron chi connectivity index (χ0n) is 11.2. The van der Waals surface area contributed by atoms with Crippen LogP contribution in [0.4, 0.5) is 16.0 Å². The van der Waals surface area contributed by atoms with Gasteiger partial charge in [-0.1, -0.05) is 0 Å². The van der Waals surface area contributed by atoms with Gasteiger partial charge in [0, 0.05) is 5.69 Å². The molecule has 3 N–H and O–H groups in total. The van der Waals surface area contributed by atoms with E-state index in [0.717, 1.165) is 12.1 Å². The summed E-state index contributed by atoms with van der Waals surface area (Å²) in [5, 5.41) is 2.42. The second-order valence-corrected chi connectivity index (χ2v) is 7.00. The lowest BCUT2D eigenvalue weighted by Crippen LogP contribution is -2.10. The summed E-state index contributed by atoms with van der Waals surface area (Å²) in [6, 6.07) is 1.54. The summed E-state index contributed by atoms with van der Waals surface area (Å²) in [5.74, 6) is -0.332. The van der Waals surface area contributed by atoms with E-state index >= 15 is 0 Å². The molecule has 0 amide bonds. The van der Waals surface area contributed by atoms with Crippen LogP contribution < -0.4 is 5.32 Å². The minimum atomic E-state index is -4.97. The number of anilines is 2. The highest BCUT2D eigenvalue weighted by Gasteiger charge is 2.25. The molecule has 0 aliphatic rings. The summed E-state index contributed by atoms with van der Waals surface area (Å²) in [6.45, 7) is 1.37. The fourth-order valence-corrected chi connectivity index (χ4v) is 3.48. The molecule has 1 radical (unpaired) electrons. The number of rotatable bonds is 4. The topological polar surface area (TPSA) is 159 Å². The van der Waals surface area contributed by atoms with Crippen LogP contribution in [-0.2, 0) is 20.2 Å². The number of hydrogen-bond acceptors (Lipinski definition) is 8. The first-order chi connectivity index (χ1) is 10.5. The molecule has 0 spiro atoms. The molecular formula is C10H8FN4O6S2. The Hall–Kier alpha value is -2.22. The zero-order valence-corrected chi connectivity index (χ0v) is 12.9. The van der Waals surface area contributed by atoms with Crippen LogP contribution in [0.2, 0.25) is 0 Å². The lowest BCUT2D eigenvalue weighted by molar-refractivity contribution is 0.466. The summed E-state index contributed by atoms with van der Waals surface area (Å²) >= 11 is 0. The van der Waals surface area contributed by atoms with Crippen LogP contribution in [0, 0.1) is 19.3 Å². The predicted molar refractivity (Wildman–Crippen MR) is 72.7 cm³/mol. The fraction of sp³-hybridized carbons (Fsp3) is 0.100. The SMILES string of the molecule is Cc1cc(S(=O)(=O)O)c(S(=O)(=O)O)cc1Nc1n[c]nc(F)n1. The summed E-state index contributed by atoms with van der Waals surface area (Å²) in [7, 11) is -9.88. The third-order valence-corrected chi connectivity index (χ3v) is 4.51. The first kappa shape index (κ1) is 17.1. The second kappa shape index (κ2) is 5.77. The zero-order chi connectivity index (χ0) is 17.4. The first-order valence-corrected chi connectivity index (χ1v) is 8.51. The number of hydrogen-bond donors (Lipinski definition) is 3. The number of aromatic nitrogens is 3. The van der Waals surface area contributed by atoms with E-state index in [-0.39, 0.29) is 17.2 Å². The second-order valence-electron chi connectivity index (χ2n) is 4.22. The van der Waals surface area contributed by atoms with Crippen molar-refractivity contribution in [1.29, 1.82) is 0 Å². The molecule has 1 aromatic heterocycles. The third-order valence-electron chi connectivity index (χ3n) is 2.59. The van der Waals surface area contributed by atoms with Gasteiger partial charge >= 0.3 is 6.08 Å². The van der Waals surface area contributed by atoms with Gasteiger partial charge in [-0.25, -0.2) is 0 Å². The highest BCUT2D eigenvalue weighted by molar-refractivity contribution is 7.89. The quantitative estimate of drug-likeness (QED) is 0.647. The molecule has 0 saturated heterocycles. The van der Waals surface area contributed by atoms with Crippen molar-refractivity contribution < 1.29 is 30.3 Å². The van der Waals surface area contributed by atoms with Crippen molar-refractivity contribution in [3.63, 3.8) is 0 Å². The van der Waals surface area contributed by atoms with E-state index in [1.807, 2.05) is 6.33 Å². The minimum absolute atomic E-state index is 0.0518. The van der Waals surface area contributed by atoms with Crippen LogP contribution in [0.5, 0.6) is 0 Å². The maximum absolute atomic E-state index is 12.9. The molecule has 1 aromatic carbocycles. The molecule has 0 saturated carbocycles. The van der Waals surface area contributed by atoms with E-state index < -0.39 is 36.1 Å². The monoisotopic (exact) mass is 363 g/mol. The largest absolute Gasteiger partial charge is 0.324 e. The summed E-state index contributed by atoms with van der Waals surface area (Å²) in [5.41, 5.74) is 0.0925. The van der Waals surface area contributed by atoms with E-state index in [0.29, 0.717) is 0 Å². The molecule has 0 bridgehead atoms. The van der Waals surface area contributed by atoms with E-state index in [4.69, 9.17) is 9.11 Å². The van der Waals surface area contributed by atoms with Gasteiger partial charge in [-0.15, -0.1) is 0 Å². The van der Waals surface area contributed by atoms with Gasteiger partial charge in [0.2, 0.25) is 12.3 Å². The average molecular weight is 363 g/mol. The Morgan fingerprint density at radius 3 is 2.17 bits per heavy atom. The van der Waals surface area contributed by atoms with Crippen LogP contribution in [0.3, 0.4) is 0 Å². The standard InChI is InChI=1S/C10H8FN4O6S2/c1-5-2-7(22(16,17)18)8(23(19,20)21)3-6(5)14-10-13-4-12-9(11)15-10/h2-3H,1H3,(H,16,17,18)(H,19,20,21)(H,12,13,14,15). The van der Waals surface area contributed by atoms with Gasteiger partial charge in [0.15, 0.2) is 0 Å². The number of halogens is 1. The van der Waals surface area contributed by atoms with Crippen LogP contribution in [0.15, 0.2) is 21.9 Å². The Bertz CT molecular complexity index is 977. The number of aryl methyl sites for hydroxylation is 1. The van der Waals surface area contributed by atoms with Gasteiger partial charge in [0.25, 0.3) is 20.2 Å². The molecule has 0 fully saturated rings. The molecular weight excluding hydrogens is 355 g/mol. The molecule has 13 heteroatoms. The summed E-state index contributed by atoms with van der Waals surface area (Å²) < 4.78 is 76.2. The number of nitrogens with one attached hydrogen (secondary N) is 1. The first-order valence-electron chi connectivity index (χ1n) is 5.63. The van der Waals surface area contributed by atoms with E-state index in [2.05, 4.69) is 20.3 Å². The van der Waals surface area contributed by atoms with E-state index in [9.17, 15) is 21.2 Å². The molecule has 0 atom stereocenters. The van der Waals surface area contributed by atoms with Gasteiger partial charge < -0.3 is 5.32 Å². The smallest absolute Gasteiger partial charge is 0.314 e. The summed E-state index contributed by atoms with van der Waals surface area (Å²) in [4.78, 5) is 7.66. The van der Waals surface area contributed by atoms with Crippen molar-refractivity contribution >= 4 is 31.9 Å². The van der Waals surface area contributed by atoms with Crippen molar-refractivity contribution in [2.24, 2.45) is 0 Å². The Labute approximate surface area is 129 Å². The fourth-order valence-electron chi connectivity index (χ4n) is 1.63. The van der Waals surface area contributed by atoms with E-state index in [1.54, 1.807) is 0 Å². The lowest BCUT2D eigenvalue weighted by atomic mass is 10.2. The molecule has 23 heavy (non-hydrogen) atoms. The normalized spacial score (nSPS) is 12.2. The van der Waals surface area contributed by atoms with Crippen molar-refractivity contribution in [2.45, 2.75) is 16.7 Å². The van der Waals surface area contributed by atoms with Gasteiger partial charge in [-0.05, 0) is 24.6 Å². The van der Waals surface area contributed by atoms with E-state index in [1.165, 1.54) is 6.92 Å². The third kappa shape index (κ3) is 3.95. The Kier molecular flexibility index (Phi) is 4.30. The Morgan fingerprint density at radius 2 is 1.65 bits per heavy atom. The molecule has 2 rings (SSSR count). The van der Waals surface area contributed by atoms with Crippen LogP contribution >= 0.6 is 0 Å². The molecule has 0 unspecified atom stereocenters. The van der Waals surface area contributed by atoms with Crippen molar-refractivity contribution in [3.8, 4) is 0 Å². The van der Waals surface area contributed by atoms with Crippen molar-refractivity contribution in [3.05, 3.63) is 30.1 Å². The number of nitrogens with zero attached hydrogens (tertiary/aromatic N) is 3. The average Bonchev–Trinajstić information content (AvgIpc) is 2.38. The number of benzene rings is 1. The highest BCUT2D eigenvalue weighted by Crippen LogP contribution is 2.29. The van der Waals surface area contributed by atoms with Crippen molar-refractivity contribution in [1.82, 2.24) is 15.0 Å². The lowest BCUT2D eigenvalue weighted by Gasteiger charge is -2.12. The summed E-state index contributed by atoms with van der Waals surface area (Å²) in [6.07, 6.45) is 0.798. The van der Waals surface area contributed by atoms with Gasteiger partial charge in [-0.3, -0.25) is 9.11 Å². The maximum Gasteiger partial charge on any atom is 0.314 e. The molecule has 2 aromatic rings. The minimum Gasteiger partial charge on any atom is -0.324 e. The van der Waals surface area contributed by atoms with Crippen LogP contribution in [0.1, 0.15) is 5.56 Å². The van der Waals surface area contributed by atoms with Crippen molar-refractivity contribution in [2.75, 3.05) is 5.32 Å². The Balaban J connectivity index is 2.63. The maximum atomic E-state index is 12.9. The molecule has 0 aliphatic heterocycles. The molecule has 1 heterocycles. The Morgan fingerprint density at radius 1 is 1.09 bits per heavy atom. The van der Waals surface area contributed by atoms with Crippen LogP contribution in [-0.4, -0.2) is 40.9 Å². The highest BCUT2D eigenvalue weighted by atomic mass is 32.2.